The van der Waals surface area contributed by atoms with Gasteiger partial charge in [-0.25, -0.2) is 0 Å². The van der Waals surface area contributed by atoms with Crippen LogP contribution in [0.15, 0.2) is 48.5 Å². The van der Waals surface area contributed by atoms with Crippen molar-refractivity contribution in [2.45, 2.75) is 63.1 Å². The van der Waals surface area contributed by atoms with Crippen molar-refractivity contribution in [3.63, 3.8) is 0 Å². The van der Waals surface area contributed by atoms with Gasteiger partial charge in [-0.3, -0.25) is 9.59 Å². The van der Waals surface area contributed by atoms with E-state index < -0.39 is 6.04 Å². The van der Waals surface area contributed by atoms with Gasteiger partial charge in [0, 0.05) is 30.6 Å². The molecule has 2 aromatic rings. The van der Waals surface area contributed by atoms with E-state index in [0.29, 0.717) is 55.4 Å². The average molecular weight is 475 g/mol. The Bertz CT molecular complexity index is 1050. The van der Waals surface area contributed by atoms with Crippen molar-refractivity contribution in [2.24, 2.45) is 0 Å². The van der Waals surface area contributed by atoms with E-state index in [0.717, 1.165) is 19.4 Å². The molecule has 184 valence electrons. The molecular formula is C28H34N4O3. The summed E-state index contributed by atoms with van der Waals surface area (Å²) in [5.41, 5.74) is 3.54. The molecule has 1 heterocycles. The molecule has 2 fully saturated rings. The number of aliphatic hydroxyl groups is 1. The van der Waals surface area contributed by atoms with Crippen LogP contribution >= 0.6 is 0 Å². The number of carbonyl (C=O) groups is 2. The predicted molar refractivity (Wildman–Crippen MR) is 134 cm³/mol. The second kappa shape index (κ2) is 11.5. The van der Waals surface area contributed by atoms with Crippen LogP contribution in [0.2, 0.25) is 0 Å². The molecule has 0 aromatic heterocycles. The van der Waals surface area contributed by atoms with Gasteiger partial charge >= 0.3 is 0 Å². The van der Waals surface area contributed by atoms with Crippen molar-refractivity contribution >= 4 is 11.8 Å². The molecule has 2 aromatic carbocycles. The van der Waals surface area contributed by atoms with Crippen LogP contribution in [0.1, 0.15) is 65.1 Å². The number of nitrogens with zero attached hydrogens (tertiary/aromatic N) is 2. The smallest absolute Gasteiger partial charge is 0.251 e. The van der Waals surface area contributed by atoms with Crippen LogP contribution in [-0.2, 0) is 4.79 Å². The Morgan fingerprint density at radius 1 is 1.11 bits per heavy atom. The monoisotopic (exact) mass is 474 g/mol. The molecule has 0 radical (unpaired) electrons. The molecule has 4 rings (SSSR count). The third kappa shape index (κ3) is 6.68. The number of rotatable bonds is 9. The molecule has 1 saturated heterocycles. The molecule has 0 bridgehead atoms. The minimum atomic E-state index is -0.623. The fraction of sp³-hybridized carbons (Fsp3) is 0.464. The van der Waals surface area contributed by atoms with E-state index in [9.17, 15) is 14.7 Å². The summed E-state index contributed by atoms with van der Waals surface area (Å²) in [6.45, 7) is 3.88. The highest BCUT2D eigenvalue weighted by atomic mass is 16.3. The lowest BCUT2D eigenvalue weighted by atomic mass is 10.0. The van der Waals surface area contributed by atoms with Gasteiger partial charge in [0.2, 0.25) is 5.91 Å². The first-order valence-corrected chi connectivity index (χ1v) is 12.5. The van der Waals surface area contributed by atoms with Crippen molar-refractivity contribution in [3.8, 4) is 6.07 Å². The van der Waals surface area contributed by atoms with E-state index in [1.807, 2.05) is 6.07 Å². The summed E-state index contributed by atoms with van der Waals surface area (Å²) in [5.74, 6) is 0.131. The minimum Gasteiger partial charge on any atom is -0.393 e. The molecule has 7 heteroatoms. The van der Waals surface area contributed by atoms with Crippen LogP contribution in [0.5, 0.6) is 0 Å². The average Bonchev–Trinajstić information content (AvgIpc) is 3.66. The largest absolute Gasteiger partial charge is 0.393 e. The zero-order chi connectivity index (χ0) is 24.8. The second-order valence-electron chi connectivity index (χ2n) is 9.73. The number of nitrogens with one attached hydrogen (secondary N) is 2. The molecule has 1 aliphatic heterocycles. The van der Waals surface area contributed by atoms with Crippen molar-refractivity contribution in [1.82, 2.24) is 15.5 Å². The number of hydrogen-bond donors (Lipinski definition) is 3. The first-order chi connectivity index (χ1) is 16.9. The molecule has 2 amide bonds. The highest BCUT2D eigenvalue weighted by Crippen LogP contribution is 2.40. The lowest BCUT2D eigenvalue weighted by Gasteiger charge is -2.32. The Morgan fingerprint density at radius 3 is 2.46 bits per heavy atom. The van der Waals surface area contributed by atoms with Crippen molar-refractivity contribution in [2.75, 3.05) is 19.6 Å². The van der Waals surface area contributed by atoms with Gasteiger partial charge in [0.15, 0.2) is 0 Å². The Labute approximate surface area is 207 Å². The van der Waals surface area contributed by atoms with Crippen molar-refractivity contribution < 1.29 is 14.7 Å². The summed E-state index contributed by atoms with van der Waals surface area (Å²) < 4.78 is 0. The molecule has 3 N–H and O–H groups in total. The second-order valence-corrected chi connectivity index (χ2v) is 9.73. The van der Waals surface area contributed by atoms with E-state index in [-0.39, 0.29) is 17.9 Å². The topological polar surface area (TPSA) is 105 Å². The van der Waals surface area contributed by atoms with E-state index in [2.05, 4.69) is 41.8 Å². The molecule has 3 atom stereocenters. The Hall–Kier alpha value is -3.21. The third-order valence-corrected chi connectivity index (χ3v) is 7.03. The van der Waals surface area contributed by atoms with Crippen LogP contribution in [0, 0.1) is 18.3 Å². The maximum Gasteiger partial charge on any atom is 0.251 e. The lowest BCUT2D eigenvalue weighted by Crippen LogP contribution is -2.51. The highest BCUT2D eigenvalue weighted by Gasteiger charge is 2.37. The van der Waals surface area contributed by atoms with E-state index in [1.165, 1.54) is 11.1 Å². The Kier molecular flexibility index (Phi) is 8.17. The summed E-state index contributed by atoms with van der Waals surface area (Å²) in [6, 6.07) is 17.0. The molecular weight excluding hydrogens is 440 g/mol. The van der Waals surface area contributed by atoms with Crippen LogP contribution in [0.3, 0.4) is 0 Å². The van der Waals surface area contributed by atoms with E-state index in [1.54, 1.807) is 29.2 Å². The zero-order valence-electron chi connectivity index (χ0n) is 20.2. The van der Waals surface area contributed by atoms with Crippen LogP contribution < -0.4 is 10.6 Å². The summed E-state index contributed by atoms with van der Waals surface area (Å²) in [6.07, 6.45) is 3.18. The standard InChI is InChI=1S/C28H34N4O3/c1-19-4-8-21(9-5-19)24-17-26(24)30-14-2-3-25(28(35)32-15-12-23(33)13-16-32)31-27(34)22-10-6-20(18-29)7-11-22/h4-11,23-26,30,33H,2-3,12-17H2,1H3,(H,31,34)/t24-,25-,26+/m0/s1. The van der Waals surface area contributed by atoms with Crippen molar-refractivity contribution in [3.05, 3.63) is 70.8 Å². The van der Waals surface area contributed by atoms with Gasteiger partial charge in [-0.1, -0.05) is 29.8 Å². The van der Waals surface area contributed by atoms with Gasteiger partial charge in [0.25, 0.3) is 5.91 Å². The van der Waals surface area contributed by atoms with Gasteiger partial charge in [0.1, 0.15) is 6.04 Å². The maximum absolute atomic E-state index is 13.2. The van der Waals surface area contributed by atoms with Gasteiger partial charge in [0.05, 0.1) is 17.7 Å². The number of aliphatic hydroxyl groups excluding tert-OH is 1. The molecule has 35 heavy (non-hydrogen) atoms. The summed E-state index contributed by atoms with van der Waals surface area (Å²) in [5, 5.41) is 25.3. The third-order valence-electron chi connectivity index (χ3n) is 7.03. The molecule has 1 aliphatic carbocycles. The number of benzene rings is 2. The van der Waals surface area contributed by atoms with Crippen LogP contribution in [0.25, 0.3) is 0 Å². The van der Waals surface area contributed by atoms with Crippen molar-refractivity contribution in [1.29, 1.82) is 5.26 Å². The number of aryl methyl sites for hydroxylation is 1. The zero-order valence-corrected chi connectivity index (χ0v) is 20.2. The van der Waals surface area contributed by atoms with E-state index in [4.69, 9.17) is 5.26 Å². The van der Waals surface area contributed by atoms with Crippen LogP contribution in [0.4, 0.5) is 0 Å². The first kappa shape index (κ1) is 24.9. The summed E-state index contributed by atoms with van der Waals surface area (Å²) in [7, 11) is 0. The number of likely N-dealkylation sites (tertiary alicyclic amines) is 1. The number of amides is 2. The number of piperidine rings is 1. The normalized spacial score (nSPS) is 20.7. The quantitative estimate of drug-likeness (QED) is 0.485. The van der Waals surface area contributed by atoms with Crippen LogP contribution in [-0.4, -0.2) is 59.6 Å². The molecule has 0 unspecified atom stereocenters. The maximum atomic E-state index is 13.2. The minimum absolute atomic E-state index is 0.0946. The Morgan fingerprint density at radius 2 is 1.80 bits per heavy atom. The highest BCUT2D eigenvalue weighted by molar-refractivity contribution is 5.97. The lowest BCUT2D eigenvalue weighted by molar-refractivity contribution is -0.135. The summed E-state index contributed by atoms with van der Waals surface area (Å²) >= 11 is 0. The molecule has 2 aliphatic rings. The number of nitriles is 1. The van der Waals surface area contributed by atoms with Gasteiger partial charge in [-0.05, 0) is 75.4 Å². The number of carbonyl (C=O) groups excluding carboxylic acids is 2. The Balaban J connectivity index is 1.31. The van der Waals surface area contributed by atoms with Gasteiger partial charge in [-0.2, -0.15) is 5.26 Å². The molecule has 1 saturated carbocycles. The van der Waals surface area contributed by atoms with E-state index >= 15 is 0 Å². The first-order valence-electron chi connectivity index (χ1n) is 12.5. The fourth-order valence-electron chi connectivity index (χ4n) is 4.70. The predicted octanol–water partition coefficient (Wildman–Crippen LogP) is 2.87. The number of hydrogen-bond acceptors (Lipinski definition) is 5. The van der Waals surface area contributed by atoms with Gasteiger partial charge < -0.3 is 20.6 Å². The summed E-state index contributed by atoms with van der Waals surface area (Å²) in [4.78, 5) is 27.8. The fourth-order valence-corrected chi connectivity index (χ4v) is 4.70. The van der Waals surface area contributed by atoms with Gasteiger partial charge in [-0.15, -0.1) is 0 Å². The molecule has 7 nitrogen and oxygen atoms in total. The molecule has 0 spiro atoms. The SMILES string of the molecule is Cc1ccc([C@@H]2C[C@H]2NCCC[C@H](NC(=O)c2ccc(C#N)cc2)C(=O)N2CCC(O)CC2)cc1.